The molecule has 118 valence electrons. The third-order valence-corrected chi connectivity index (χ3v) is 3.34. The van der Waals surface area contributed by atoms with Crippen molar-refractivity contribution >= 4 is 11.5 Å². The molecule has 1 unspecified atom stereocenters. The smallest absolute Gasteiger partial charge is 0.156 e. The zero-order valence-corrected chi connectivity index (χ0v) is 13.3. The fourth-order valence-corrected chi connectivity index (χ4v) is 2.35. The number of nitrogens with zero attached hydrogens (tertiary/aromatic N) is 3. The lowest BCUT2D eigenvalue weighted by Gasteiger charge is -2.23. The van der Waals surface area contributed by atoms with Crippen LogP contribution in [0.15, 0.2) is 24.3 Å². The lowest BCUT2D eigenvalue weighted by molar-refractivity contribution is 0.271. The maximum atomic E-state index is 13.6. The molecule has 0 saturated carbocycles. The Kier molecular flexibility index (Phi) is 4.92. The van der Waals surface area contributed by atoms with Crippen LogP contribution in [0.2, 0.25) is 0 Å². The first-order valence-corrected chi connectivity index (χ1v) is 7.09. The molecule has 2 N–H and O–H groups in total. The predicted molar refractivity (Wildman–Crippen MR) is 85.5 cm³/mol. The standard InChI is InChI=1S/C16H21FN4O/c1-10-7-15(20-16(9-22)18-10)19-11(2)13-8-12(17)5-6-14(13)21(3)4/h5-8,11,22H,9H2,1-4H3,(H,18,19,20). The number of rotatable bonds is 5. The van der Waals surface area contributed by atoms with E-state index in [1.165, 1.54) is 12.1 Å². The van der Waals surface area contributed by atoms with E-state index >= 15 is 0 Å². The highest BCUT2D eigenvalue weighted by Crippen LogP contribution is 2.28. The molecule has 0 aliphatic heterocycles. The third kappa shape index (κ3) is 3.71. The molecule has 5 nitrogen and oxygen atoms in total. The van der Waals surface area contributed by atoms with Gasteiger partial charge in [-0.05, 0) is 32.0 Å². The van der Waals surface area contributed by atoms with E-state index in [2.05, 4.69) is 15.3 Å². The Hall–Kier alpha value is -2.21. The van der Waals surface area contributed by atoms with Gasteiger partial charge in [0.15, 0.2) is 5.82 Å². The molecule has 2 rings (SSSR count). The fourth-order valence-electron chi connectivity index (χ4n) is 2.35. The molecule has 0 aliphatic rings. The molecule has 0 spiro atoms. The molecule has 22 heavy (non-hydrogen) atoms. The molecule has 0 amide bonds. The van der Waals surface area contributed by atoms with Crippen molar-refractivity contribution in [3.63, 3.8) is 0 Å². The molecule has 0 fully saturated rings. The van der Waals surface area contributed by atoms with Gasteiger partial charge in [0.25, 0.3) is 0 Å². The number of halogens is 1. The minimum Gasteiger partial charge on any atom is -0.388 e. The second kappa shape index (κ2) is 6.70. The van der Waals surface area contributed by atoms with E-state index in [1.807, 2.05) is 32.8 Å². The van der Waals surface area contributed by atoms with Gasteiger partial charge in [-0.25, -0.2) is 14.4 Å². The molecule has 2 aromatic rings. The molecule has 0 saturated heterocycles. The van der Waals surface area contributed by atoms with Crippen LogP contribution in [0.3, 0.4) is 0 Å². The van der Waals surface area contributed by atoms with E-state index in [4.69, 9.17) is 0 Å². The summed E-state index contributed by atoms with van der Waals surface area (Å²) in [6.45, 7) is 3.57. The van der Waals surface area contributed by atoms with Crippen LogP contribution in [0.4, 0.5) is 15.9 Å². The Morgan fingerprint density at radius 3 is 2.64 bits per heavy atom. The lowest BCUT2D eigenvalue weighted by Crippen LogP contribution is -2.16. The second-order valence-corrected chi connectivity index (χ2v) is 5.43. The molecule has 6 heteroatoms. The minimum absolute atomic E-state index is 0.144. The average Bonchev–Trinajstić information content (AvgIpc) is 2.46. The normalized spacial score (nSPS) is 12.1. The number of aliphatic hydroxyl groups excluding tert-OH is 1. The first kappa shape index (κ1) is 16.2. The van der Waals surface area contributed by atoms with E-state index in [9.17, 15) is 9.50 Å². The van der Waals surface area contributed by atoms with Gasteiger partial charge in [0.2, 0.25) is 0 Å². The molecular weight excluding hydrogens is 283 g/mol. The SMILES string of the molecule is Cc1cc(NC(C)c2cc(F)ccc2N(C)C)nc(CO)n1. The van der Waals surface area contributed by atoms with E-state index in [0.717, 1.165) is 16.9 Å². The Morgan fingerprint density at radius 1 is 1.27 bits per heavy atom. The summed E-state index contributed by atoms with van der Waals surface area (Å²) < 4.78 is 13.6. The molecule has 0 aliphatic carbocycles. The quantitative estimate of drug-likeness (QED) is 0.889. The number of hydrogen-bond acceptors (Lipinski definition) is 5. The van der Waals surface area contributed by atoms with Gasteiger partial charge in [0, 0.05) is 37.1 Å². The van der Waals surface area contributed by atoms with Gasteiger partial charge in [-0.1, -0.05) is 0 Å². The van der Waals surface area contributed by atoms with Crippen molar-refractivity contribution in [3.8, 4) is 0 Å². The summed E-state index contributed by atoms with van der Waals surface area (Å²) in [5.41, 5.74) is 2.54. The van der Waals surface area contributed by atoms with Crippen molar-refractivity contribution < 1.29 is 9.50 Å². The van der Waals surface area contributed by atoms with E-state index in [0.29, 0.717) is 11.6 Å². The summed E-state index contributed by atoms with van der Waals surface area (Å²) in [6.07, 6.45) is 0. The first-order valence-electron chi connectivity index (χ1n) is 7.09. The Labute approximate surface area is 129 Å². The number of aromatic nitrogens is 2. The highest BCUT2D eigenvalue weighted by atomic mass is 19.1. The number of aliphatic hydroxyl groups is 1. The van der Waals surface area contributed by atoms with Crippen LogP contribution in [0.25, 0.3) is 0 Å². The molecule has 0 bridgehead atoms. The van der Waals surface area contributed by atoms with Crippen LogP contribution in [-0.4, -0.2) is 29.2 Å². The highest BCUT2D eigenvalue weighted by Gasteiger charge is 2.14. The van der Waals surface area contributed by atoms with Crippen LogP contribution >= 0.6 is 0 Å². The summed E-state index contributed by atoms with van der Waals surface area (Å²) >= 11 is 0. The van der Waals surface area contributed by atoms with Crippen LogP contribution in [-0.2, 0) is 6.61 Å². The number of anilines is 2. The fraction of sp³-hybridized carbons (Fsp3) is 0.375. The largest absolute Gasteiger partial charge is 0.388 e. The average molecular weight is 304 g/mol. The number of benzene rings is 1. The minimum atomic E-state index is -0.274. The molecule has 1 heterocycles. The van der Waals surface area contributed by atoms with Crippen molar-refractivity contribution in [2.75, 3.05) is 24.3 Å². The van der Waals surface area contributed by atoms with E-state index in [1.54, 1.807) is 12.1 Å². The maximum absolute atomic E-state index is 13.6. The van der Waals surface area contributed by atoms with Crippen molar-refractivity contribution in [1.29, 1.82) is 0 Å². The first-order chi connectivity index (χ1) is 10.4. The van der Waals surface area contributed by atoms with Gasteiger partial charge in [-0.3, -0.25) is 0 Å². The summed E-state index contributed by atoms with van der Waals surface area (Å²) in [7, 11) is 3.84. The maximum Gasteiger partial charge on any atom is 0.156 e. The Bertz CT molecular complexity index is 661. The Morgan fingerprint density at radius 2 is 2.00 bits per heavy atom. The summed E-state index contributed by atoms with van der Waals surface area (Å²) in [6, 6.07) is 6.38. The van der Waals surface area contributed by atoms with Crippen molar-refractivity contribution in [1.82, 2.24) is 9.97 Å². The monoisotopic (exact) mass is 304 g/mol. The van der Waals surface area contributed by atoms with Gasteiger partial charge >= 0.3 is 0 Å². The van der Waals surface area contributed by atoms with Gasteiger partial charge in [0.1, 0.15) is 18.2 Å². The van der Waals surface area contributed by atoms with Gasteiger partial charge < -0.3 is 15.3 Å². The summed E-state index contributed by atoms with van der Waals surface area (Å²) in [5, 5.41) is 12.4. The highest BCUT2D eigenvalue weighted by molar-refractivity contribution is 5.56. The topological polar surface area (TPSA) is 61.3 Å². The second-order valence-electron chi connectivity index (χ2n) is 5.43. The van der Waals surface area contributed by atoms with E-state index in [-0.39, 0.29) is 18.5 Å². The summed E-state index contributed by atoms with van der Waals surface area (Å²) in [4.78, 5) is 10.3. The molecule has 0 radical (unpaired) electrons. The molecule has 1 atom stereocenters. The lowest BCUT2D eigenvalue weighted by atomic mass is 10.1. The number of aryl methyl sites for hydroxylation is 1. The molecular formula is C16H21FN4O. The van der Waals surface area contributed by atoms with Crippen LogP contribution in [0.5, 0.6) is 0 Å². The zero-order valence-electron chi connectivity index (χ0n) is 13.3. The van der Waals surface area contributed by atoms with E-state index < -0.39 is 0 Å². The van der Waals surface area contributed by atoms with Gasteiger partial charge in [-0.2, -0.15) is 0 Å². The van der Waals surface area contributed by atoms with Crippen LogP contribution in [0, 0.1) is 12.7 Å². The van der Waals surface area contributed by atoms with Gasteiger partial charge in [-0.15, -0.1) is 0 Å². The predicted octanol–water partition coefficient (Wildman–Crippen LogP) is 2.66. The van der Waals surface area contributed by atoms with Crippen LogP contribution < -0.4 is 10.2 Å². The zero-order chi connectivity index (χ0) is 16.3. The molecule has 1 aromatic heterocycles. The van der Waals surface area contributed by atoms with Crippen molar-refractivity contribution in [2.24, 2.45) is 0 Å². The third-order valence-electron chi connectivity index (χ3n) is 3.34. The number of hydrogen-bond donors (Lipinski definition) is 2. The number of nitrogens with one attached hydrogen (secondary N) is 1. The van der Waals surface area contributed by atoms with Gasteiger partial charge in [0.05, 0.1) is 6.04 Å². The van der Waals surface area contributed by atoms with Crippen molar-refractivity contribution in [3.05, 3.63) is 47.2 Å². The Balaban J connectivity index is 2.31. The summed E-state index contributed by atoms with van der Waals surface area (Å²) in [5.74, 6) is 0.698. The van der Waals surface area contributed by atoms with Crippen molar-refractivity contribution in [2.45, 2.75) is 26.5 Å². The van der Waals surface area contributed by atoms with Crippen LogP contribution in [0.1, 0.15) is 30.0 Å². The molecule has 1 aromatic carbocycles.